The second-order valence-electron chi connectivity index (χ2n) is 6.79. The van der Waals surface area contributed by atoms with Crippen LogP contribution in [0.25, 0.3) is 0 Å². The van der Waals surface area contributed by atoms with Crippen LogP contribution in [0.2, 0.25) is 0 Å². The molecule has 2 aliphatic heterocycles. The van der Waals surface area contributed by atoms with E-state index in [1.165, 1.54) is 36.0 Å². The summed E-state index contributed by atoms with van der Waals surface area (Å²) in [6.07, 6.45) is 0.204. The fourth-order valence-electron chi connectivity index (χ4n) is 3.17. The summed E-state index contributed by atoms with van der Waals surface area (Å²) >= 11 is 1.46. The molecule has 2 aromatic rings. The lowest BCUT2D eigenvalue weighted by Crippen LogP contribution is -2.14. The molecule has 2 heterocycles. The zero-order valence-corrected chi connectivity index (χ0v) is 16.4. The van der Waals surface area contributed by atoms with Crippen molar-refractivity contribution < 1.29 is 17.6 Å². The van der Waals surface area contributed by atoms with Crippen molar-refractivity contribution in [3.63, 3.8) is 0 Å². The Morgan fingerprint density at radius 1 is 1.07 bits per heavy atom. The van der Waals surface area contributed by atoms with Gasteiger partial charge in [-0.05, 0) is 42.0 Å². The Morgan fingerprint density at radius 2 is 1.75 bits per heavy atom. The molecule has 0 radical (unpaired) electrons. The lowest BCUT2D eigenvalue weighted by molar-refractivity contribution is -0.115. The van der Waals surface area contributed by atoms with E-state index >= 15 is 0 Å². The quantitative estimate of drug-likeness (QED) is 0.796. The van der Waals surface area contributed by atoms with E-state index in [0.717, 1.165) is 16.4 Å². The molecule has 1 fully saturated rings. The number of amides is 1. The van der Waals surface area contributed by atoms with Gasteiger partial charge in [-0.3, -0.25) is 9.79 Å². The molecule has 2 aliphatic rings. The van der Waals surface area contributed by atoms with Gasteiger partial charge in [0.2, 0.25) is 5.91 Å². The summed E-state index contributed by atoms with van der Waals surface area (Å²) < 4.78 is 36.1. The van der Waals surface area contributed by atoms with Gasteiger partial charge < -0.3 is 10.6 Å². The summed E-state index contributed by atoms with van der Waals surface area (Å²) in [5.74, 6) is -0.231. The highest BCUT2D eigenvalue weighted by Gasteiger charge is 2.42. The van der Waals surface area contributed by atoms with Gasteiger partial charge in [-0.1, -0.05) is 23.9 Å². The number of thioether (sulfide) groups is 1. The highest BCUT2D eigenvalue weighted by Crippen LogP contribution is 2.34. The van der Waals surface area contributed by atoms with E-state index < -0.39 is 9.84 Å². The van der Waals surface area contributed by atoms with Crippen LogP contribution in [0.5, 0.6) is 0 Å². The molecule has 0 saturated carbocycles. The largest absolute Gasteiger partial charge is 0.335 e. The average molecular weight is 420 g/mol. The number of benzene rings is 2. The van der Waals surface area contributed by atoms with Crippen molar-refractivity contribution in [1.29, 1.82) is 0 Å². The molecule has 0 bridgehead atoms. The number of sulfone groups is 1. The summed E-state index contributed by atoms with van der Waals surface area (Å²) in [5.41, 5.74) is 2.22. The number of aliphatic imine (C=N–C) groups is 1. The summed E-state index contributed by atoms with van der Waals surface area (Å²) in [6, 6.07) is 12.9. The molecule has 0 aromatic heterocycles. The number of carbonyl (C=O) groups excluding carboxylic acids is 1. The Labute approximate surface area is 166 Å². The summed E-state index contributed by atoms with van der Waals surface area (Å²) in [5, 5.41) is 6.66. The first-order chi connectivity index (χ1) is 13.4. The minimum atomic E-state index is -2.96. The van der Waals surface area contributed by atoms with Crippen LogP contribution in [0.4, 0.5) is 15.8 Å². The number of hydrogen-bond acceptors (Lipinski definition) is 6. The van der Waals surface area contributed by atoms with Crippen molar-refractivity contribution >= 4 is 44.0 Å². The number of hydrogen-bond donors (Lipinski definition) is 2. The van der Waals surface area contributed by atoms with E-state index in [-0.39, 0.29) is 40.9 Å². The third-order valence-electron chi connectivity index (χ3n) is 4.52. The summed E-state index contributed by atoms with van der Waals surface area (Å²) in [4.78, 5) is 16.6. The summed E-state index contributed by atoms with van der Waals surface area (Å²) in [7, 11) is -2.96. The standard InChI is InChI=1S/C19H18FN3O3S2/c20-13-3-7-14(8-4-13)21-18(24)9-12-1-5-15(6-2-12)22-19-23-16-10-28(25,26)11-17(16)27-19/h1-8,16-17H,9-11H2,(H,21,24)(H,22,23)/t16-,17+/m1/s1. The highest BCUT2D eigenvalue weighted by atomic mass is 32.2. The van der Waals surface area contributed by atoms with Gasteiger partial charge in [0, 0.05) is 16.6 Å². The van der Waals surface area contributed by atoms with Gasteiger partial charge in [0.1, 0.15) is 5.82 Å². The number of carbonyl (C=O) groups is 1. The van der Waals surface area contributed by atoms with Crippen LogP contribution < -0.4 is 10.6 Å². The third kappa shape index (κ3) is 4.53. The number of amidine groups is 1. The molecule has 0 spiro atoms. The van der Waals surface area contributed by atoms with E-state index in [2.05, 4.69) is 15.6 Å². The maximum atomic E-state index is 12.9. The van der Waals surface area contributed by atoms with Crippen LogP contribution >= 0.6 is 11.8 Å². The Hall–Kier alpha value is -2.39. The molecular formula is C19H18FN3O3S2. The van der Waals surface area contributed by atoms with Crippen LogP contribution in [-0.2, 0) is 21.1 Å². The normalized spacial score (nSPS) is 22.4. The fourth-order valence-corrected chi connectivity index (χ4v) is 6.85. The fraction of sp³-hybridized carbons (Fsp3) is 0.263. The van der Waals surface area contributed by atoms with Gasteiger partial charge in [0.15, 0.2) is 15.0 Å². The first kappa shape index (κ1) is 18.9. The second-order valence-corrected chi connectivity index (χ2v) is 10.2. The molecular weight excluding hydrogens is 401 g/mol. The molecule has 2 N–H and O–H groups in total. The van der Waals surface area contributed by atoms with E-state index in [0.29, 0.717) is 5.69 Å². The van der Waals surface area contributed by atoms with Gasteiger partial charge in [-0.15, -0.1) is 0 Å². The predicted molar refractivity (Wildman–Crippen MR) is 110 cm³/mol. The molecule has 6 nitrogen and oxygen atoms in total. The number of fused-ring (bicyclic) bond motifs is 1. The van der Waals surface area contributed by atoms with Crippen LogP contribution in [0.15, 0.2) is 53.5 Å². The lowest BCUT2D eigenvalue weighted by Gasteiger charge is -2.08. The Balaban J connectivity index is 1.32. The van der Waals surface area contributed by atoms with E-state index in [4.69, 9.17) is 0 Å². The average Bonchev–Trinajstić information content (AvgIpc) is 3.11. The Bertz CT molecular complexity index is 1020. The van der Waals surface area contributed by atoms with Crippen molar-refractivity contribution in [1.82, 2.24) is 0 Å². The van der Waals surface area contributed by atoms with E-state index in [9.17, 15) is 17.6 Å². The van der Waals surface area contributed by atoms with E-state index in [1.807, 2.05) is 24.3 Å². The molecule has 4 rings (SSSR count). The van der Waals surface area contributed by atoms with Crippen LogP contribution in [0.1, 0.15) is 5.56 Å². The molecule has 28 heavy (non-hydrogen) atoms. The van der Waals surface area contributed by atoms with Crippen LogP contribution in [0.3, 0.4) is 0 Å². The predicted octanol–water partition coefficient (Wildman–Crippen LogP) is 2.69. The summed E-state index contributed by atoms with van der Waals surface area (Å²) in [6.45, 7) is 0. The number of rotatable bonds is 4. The molecule has 1 amide bonds. The minimum absolute atomic E-state index is 0.00179. The van der Waals surface area contributed by atoms with Gasteiger partial charge >= 0.3 is 0 Å². The lowest BCUT2D eigenvalue weighted by atomic mass is 10.1. The Kier molecular flexibility index (Phi) is 5.11. The van der Waals surface area contributed by atoms with Gasteiger partial charge in [-0.25, -0.2) is 12.8 Å². The van der Waals surface area contributed by atoms with Crippen molar-refractivity contribution in [2.75, 3.05) is 22.1 Å². The van der Waals surface area contributed by atoms with Crippen molar-refractivity contribution in [3.8, 4) is 0 Å². The molecule has 0 aliphatic carbocycles. The molecule has 9 heteroatoms. The zero-order chi connectivity index (χ0) is 19.7. The monoisotopic (exact) mass is 419 g/mol. The molecule has 2 aromatic carbocycles. The maximum absolute atomic E-state index is 12.9. The van der Waals surface area contributed by atoms with Crippen LogP contribution in [0, 0.1) is 5.82 Å². The number of nitrogens with zero attached hydrogens (tertiary/aromatic N) is 1. The molecule has 1 saturated heterocycles. The highest BCUT2D eigenvalue weighted by molar-refractivity contribution is 8.15. The third-order valence-corrected chi connectivity index (χ3v) is 7.66. The SMILES string of the molecule is O=C(Cc1ccc(NC2=N[C@@H]3CS(=O)(=O)C[C@@H]3S2)cc1)Nc1ccc(F)cc1. The zero-order valence-electron chi connectivity index (χ0n) is 14.8. The second kappa shape index (κ2) is 7.56. The van der Waals surface area contributed by atoms with Crippen molar-refractivity contribution in [3.05, 3.63) is 59.9 Å². The van der Waals surface area contributed by atoms with Gasteiger partial charge in [0.25, 0.3) is 0 Å². The molecule has 2 atom stereocenters. The van der Waals surface area contributed by atoms with Crippen molar-refractivity contribution in [2.24, 2.45) is 4.99 Å². The van der Waals surface area contributed by atoms with Crippen LogP contribution in [-0.4, -0.2) is 42.3 Å². The first-order valence-electron chi connectivity index (χ1n) is 8.73. The van der Waals surface area contributed by atoms with Crippen molar-refractivity contribution in [2.45, 2.75) is 17.7 Å². The maximum Gasteiger partial charge on any atom is 0.228 e. The number of nitrogens with one attached hydrogen (secondary N) is 2. The van der Waals surface area contributed by atoms with Gasteiger partial charge in [0.05, 0.1) is 24.0 Å². The number of anilines is 2. The van der Waals surface area contributed by atoms with E-state index in [1.54, 1.807) is 0 Å². The smallest absolute Gasteiger partial charge is 0.228 e. The molecule has 146 valence electrons. The Morgan fingerprint density at radius 3 is 2.43 bits per heavy atom. The number of halogens is 1. The topological polar surface area (TPSA) is 87.6 Å². The molecule has 0 unspecified atom stereocenters. The minimum Gasteiger partial charge on any atom is -0.335 e. The van der Waals surface area contributed by atoms with Gasteiger partial charge in [-0.2, -0.15) is 0 Å². The first-order valence-corrected chi connectivity index (χ1v) is 11.4.